The summed E-state index contributed by atoms with van der Waals surface area (Å²) in [7, 11) is 0. The lowest BCUT2D eigenvalue weighted by atomic mass is 10.1. The molecule has 4 aromatic carbocycles. The van der Waals surface area contributed by atoms with Crippen molar-refractivity contribution < 1.29 is 44.6 Å². The largest absolute Gasteiger partial charge is 0.573 e. The van der Waals surface area contributed by atoms with Crippen molar-refractivity contribution in [2.45, 2.75) is 12.7 Å². The van der Waals surface area contributed by atoms with Gasteiger partial charge in [0.15, 0.2) is 0 Å². The molecule has 0 atom stereocenters. The number of anilines is 4. The summed E-state index contributed by atoms with van der Waals surface area (Å²) in [5.41, 5.74) is 3.06. The lowest BCUT2D eigenvalue weighted by Crippen LogP contribution is -2.17. The highest BCUT2D eigenvalue weighted by molar-refractivity contribution is 6.33. The van der Waals surface area contributed by atoms with Crippen molar-refractivity contribution in [3.05, 3.63) is 131 Å². The normalized spacial score (nSPS) is 11.3. The second kappa shape index (κ2) is 16.1. The Morgan fingerprint density at radius 2 is 0.808 bits per heavy atom. The molecule has 52 heavy (non-hydrogen) atoms. The average Bonchev–Trinajstić information content (AvgIpc) is 3.06. The first-order valence-corrected chi connectivity index (χ1v) is 15.2. The Kier molecular flexibility index (Phi) is 11.6. The van der Waals surface area contributed by atoms with Crippen LogP contribution in [0.1, 0.15) is 0 Å². The smallest absolute Gasteiger partial charge is 0.406 e. The minimum absolute atomic E-state index is 0.131. The van der Waals surface area contributed by atoms with Crippen LogP contribution in [0.5, 0.6) is 11.5 Å². The number of nitrogens with one attached hydrogen (secondary N) is 2. The maximum absolute atomic E-state index is 13.3. The van der Waals surface area contributed by atoms with E-state index in [1.807, 2.05) is 0 Å². The highest BCUT2D eigenvalue weighted by Gasteiger charge is 2.31. The van der Waals surface area contributed by atoms with Gasteiger partial charge in [-0.3, -0.25) is 0 Å². The number of aromatic nitrogens is 4. The number of hydrogen-bond acceptors (Lipinski definition) is 8. The van der Waals surface area contributed by atoms with E-state index in [1.54, 1.807) is 30.3 Å². The van der Waals surface area contributed by atoms with E-state index in [4.69, 9.17) is 23.2 Å². The molecule has 2 aromatic heterocycles. The van der Waals surface area contributed by atoms with Gasteiger partial charge in [0, 0.05) is 28.6 Å². The second-order valence-corrected chi connectivity index (χ2v) is 11.0. The van der Waals surface area contributed by atoms with E-state index in [1.165, 1.54) is 54.6 Å². The fourth-order valence-electron chi connectivity index (χ4n) is 4.22. The van der Waals surface area contributed by atoms with Crippen molar-refractivity contribution in [3.63, 3.8) is 0 Å². The van der Waals surface area contributed by atoms with Gasteiger partial charge in [0.2, 0.25) is 11.9 Å². The summed E-state index contributed by atoms with van der Waals surface area (Å²) in [4.78, 5) is 16.6. The van der Waals surface area contributed by atoms with E-state index in [2.05, 4.69) is 40.0 Å². The molecule has 0 aliphatic heterocycles. The number of hydrogen-bond donors (Lipinski definition) is 2. The topological polar surface area (TPSA) is 94.1 Å². The molecule has 6 rings (SSSR count). The summed E-state index contributed by atoms with van der Waals surface area (Å²) < 4.78 is 107. The molecule has 2 heterocycles. The van der Waals surface area contributed by atoms with Crippen LogP contribution in [0.25, 0.3) is 22.5 Å². The molecule has 2 N–H and O–H groups in total. The lowest BCUT2D eigenvalue weighted by molar-refractivity contribution is -0.275. The third kappa shape index (κ3) is 11.7. The van der Waals surface area contributed by atoms with E-state index in [9.17, 15) is 35.1 Å². The van der Waals surface area contributed by atoms with Crippen molar-refractivity contribution in [1.29, 1.82) is 0 Å². The van der Waals surface area contributed by atoms with Gasteiger partial charge in [0.25, 0.3) is 0 Å². The SMILES string of the molecule is FC(F)(F)Oc1ccc(Nc2nc(Cl)cc(Cl)n2)cc1.Fc1ccc(-c2cc(-c3ccc(F)cc3)nc(Nc3ccc(OC(F)(F)F)cc3)n2)cc1. The standard InChI is InChI=1S/C23H14F5N3O.C11H6Cl2F3N3O/c24-16-5-1-14(2-6-16)20-13-21(15-3-7-17(25)8-4-15)31-22(30-20)29-18-9-11-19(12-10-18)32-23(26,27)28;12-8-5-9(13)19-10(18-8)17-6-1-3-7(4-2-6)20-11(14,15)16/h1-13H,(H,29,30,31);1-5H,(H,17,18,19). The van der Waals surface area contributed by atoms with Crippen LogP contribution in [0, 0.1) is 11.6 Å². The van der Waals surface area contributed by atoms with E-state index < -0.39 is 24.4 Å². The predicted octanol–water partition coefficient (Wildman–Crippen LogP) is 11.2. The number of ether oxygens (including phenoxy) is 2. The van der Waals surface area contributed by atoms with Gasteiger partial charge < -0.3 is 20.1 Å². The maximum atomic E-state index is 13.3. The minimum Gasteiger partial charge on any atom is -0.406 e. The van der Waals surface area contributed by atoms with E-state index >= 15 is 0 Å². The van der Waals surface area contributed by atoms with Crippen molar-refractivity contribution in [2.75, 3.05) is 10.6 Å². The fraction of sp³-hybridized carbons (Fsp3) is 0.0588. The molecular formula is C34H20Cl2F8N6O2. The van der Waals surface area contributed by atoms with Crippen molar-refractivity contribution in [1.82, 2.24) is 19.9 Å². The summed E-state index contributed by atoms with van der Waals surface area (Å²) in [6.45, 7) is 0. The maximum Gasteiger partial charge on any atom is 0.573 e. The Hall–Kier alpha value is -5.74. The first-order valence-electron chi connectivity index (χ1n) is 14.4. The molecule has 268 valence electrons. The van der Waals surface area contributed by atoms with Crippen LogP contribution in [-0.2, 0) is 0 Å². The molecule has 0 amide bonds. The predicted molar refractivity (Wildman–Crippen MR) is 178 cm³/mol. The summed E-state index contributed by atoms with van der Waals surface area (Å²) in [6.07, 6.45) is -9.51. The fourth-order valence-corrected chi connectivity index (χ4v) is 4.65. The van der Waals surface area contributed by atoms with Crippen molar-refractivity contribution in [3.8, 4) is 34.0 Å². The molecule has 6 aromatic rings. The third-order valence-electron chi connectivity index (χ3n) is 6.36. The summed E-state index contributed by atoms with van der Waals surface area (Å²) in [6, 6.07) is 24.5. The van der Waals surface area contributed by atoms with Gasteiger partial charge >= 0.3 is 12.7 Å². The van der Waals surface area contributed by atoms with Crippen LogP contribution in [0.3, 0.4) is 0 Å². The number of halogens is 10. The molecular weight excluding hydrogens is 747 g/mol. The van der Waals surface area contributed by atoms with Gasteiger partial charge in [-0.2, -0.15) is 0 Å². The zero-order valence-corrected chi connectivity index (χ0v) is 27.3. The Balaban J connectivity index is 0.000000225. The Morgan fingerprint density at radius 3 is 1.15 bits per heavy atom. The highest BCUT2D eigenvalue weighted by Crippen LogP contribution is 2.29. The van der Waals surface area contributed by atoms with Gasteiger partial charge in [-0.25, -0.2) is 28.7 Å². The molecule has 0 radical (unpaired) electrons. The number of nitrogens with zero attached hydrogens (tertiary/aromatic N) is 4. The monoisotopic (exact) mass is 766 g/mol. The molecule has 0 saturated carbocycles. The van der Waals surface area contributed by atoms with Crippen LogP contribution >= 0.6 is 23.2 Å². The first-order chi connectivity index (χ1) is 24.6. The molecule has 0 aliphatic carbocycles. The Bertz CT molecular complexity index is 2020. The summed E-state index contributed by atoms with van der Waals surface area (Å²) >= 11 is 11.4. The first kappa shape index (κ1) is 37.5. The van der Waals surface area contributed by atoms with Crippen LogP contribution in [0.15, 0.2) is 109 Å². The quantitative estimate of drug-likeness (QED) is 0.117. The molecule has 0 unspecified atom stereocenters. The van der Waals surface area contributed by atoms with Crippen LogP contribution in [0.4, 0.5) is 58.4 Å². The minimum atomic E-state index is -4.79. The second-order valence-electron chi connectivity index (χ2n) is 10.2. The van der Waals surface area contributed by atoms with E-state index in [0.29, 0.717) is 33.9 Å². The molecule has 0 saturated heterocycles. The summed E-state index contributed by atoms with van der Waals surface area (Å²) in [5.74, 6) is -1.21. The van der Waals surface area contributed by atoms with E-state index in [-0.39, 0.29) is 33.7 Å². The molecule has 0 bridgehead atoms. The van der Waals surface area contributed by atoms with Crippen molar-refractivity contribution >= 4 is 46.5 Å². The average molecular weight is 767 g/mol. The third-order valence-corrected chi connectivity index (χ3v) is 6.75. The molecule has 0 spiro atoms. The van der Waals surface area contributed by atoms with Gasteiger partial charge in [-0.15, -0.1) is 26.3 Å². The Morgan fingerprint density at radius 1 is 0.462 bits per heavy atom. The number of alkyl halides is 6. The van der Waals surface area contributed by atoms with Gasteiger partial charge in [-0.1, -0.05) is 23.2 Å². The van der Waals surface area contributed by atoms with Crippen LogP contribution < -0.4 is 20.1 Å². The zero-order chi connectivity index (χ0) is 37.5. The number of rotatable bonds is 8. The lowest BCUT2D eigenvalue weighted by Gasteiger charge is -2.12. The molecule has 0 aliphatic rings. The molecule has 18 heteroatoms. The molecule has 8 nitrogen and oxygen atoms in total. The van der Waals surface area contributed by atoms with Crippen LogP contribution in [0.2, 0.25) is 10.3 Å². The van der Waals surface area contributed by atoms with Crippen molar-refractivity contribution in [2.24, 2.45) is 0 Å². The van der Waals surface area contributed by atoms with E-state index in [0.717, 1.165) is 24.3 Å². The number of benzene rings is 4. The van der Waals surface area contributed by atoms with Gasteiger partial charge in [0.05, 0.1) is 11.4 Å². The highest BCUT2D eigenvalue weighted by atomic mass is 35.5. The van der Waals surface area contributed by atoms with Crippen LogP contribution in [-0.4, -0.2) is 32.7 Å². The summed E-state index contributed by atoms with van der Waals surface area (Å²) in [5, 5.41) is 5.96. The van der Waals surface area contributed by atoms with Gasteiger partial charge in [0.1, 0.15) is 33.4 Å². The zero-order valence-electron chi connectivity index (χ0n) is 25.8. The molecule has 0 fully saturated rings. The Labute approximate surface area is 299 Å². The van der Waals surface area contributed by atoms with Gasteiger partial charge in [-0.05, 0) is 103 Å².